The van der Waals surface area contributed by atoms with Crippen LogP contribution in [0.15, 0.2) is 17.8 Å². The zero-order valence-corrected chi connectivity index (χ0v) is 11.5. The second-order valence-electron chi connectivity index (χ2n) is 5.47. The molecule has 116 valence electrons. The molecular formula is C12H14N6O4. The Kier molecular flexibility index (Phi) is 2.86. The molecule has 10 nitrogen and oxygen atoms in total. The highest BCUT2D eigenvalue weighted by Crippen LogP contribution is 2.45. The first-order chi connectivity index (χ1) is 10.7. The summed E-state index contributed by atoms with van der Waals surface area (Å²) < 4.78 is 13.2. The predicted molar refractivity (Wildman–Crippen MR) is 73.6 cm³/mol. The number of aliphatic hydroxyl groups excluding tert-OH is 1. The molecule has 0 amide bonds. The number of imidazole rings is 1. The zero-order chi connectivity index (χ0) is 15.3. The Morgan fingerprint density at radius 3 is 3.18 bits per heavy atom. The third kappa shape index (κ3) is 1.68. The first-order valence-electron chi connectivity index (χ1n) is 6.86. The second kappa shape index (κ2) is 4.66. The molecule has 3 N–H and O–H groups in total. The minimum absolute atomic E-state index is 0.131. The van der Waals surface area contributed by atoms with Gasteiger partial charge in [-0.2, -0.15) is 4.91 Å². The number of nitroso groups, excluding NO2 is 1. The van der Waals surface area contributed by atoms with Crippen molar-refractivity contribution in [2.24, 2.45) is 5.18 Å². The van der Waals surface area contributed by atoms with E-state index in [0.29, 0.717) is 24.2 Å². The van der Waals surface area contributed by atoms with Gasteiger partial charge in [-0.1, -0.05) is 5.18 Å². The summed E-state index contributed by atoms with van der Waals surface area (Å²) in [5, 5.41) is 13.4. The molecule has 0 aliphatic carbocycles. The molecule has 2 aliphatic rings. The van der Waals surface area contributed by atoms with Gasteiger partial charge in [0.2, 0.25) is 0 Å². The Labute approximate surface area is 124 Å². The number of aromatic nitrogens is 4. The van der Waals surface area contributed by atoms with Crippen molar-refractivity contribution in [2.45, 2.75) is 30.5 Å². The Morgan fingerprint density at radius 2 is 2.36 bits per heavy atom. The number of aliphatic hydroxyl groups is 1. The van der Waals surface area contributed by atoms with Crippen LogP contribution in [0.5, 0.6) is 0 Å². The normalized spacial score (nSPS) is 34.1. The summed E-state index contributed by atoms with van der Waals surface area (Å²) in [4.78, 5) is 22.9. The van der Waals surface area contributed by atoms with E-state index in [1.807, 2.05) is 0 Å². The SMILES string of the molecule is Nc1ncnc2c1ncn2C1O[C@@]2(CN=O)CCOC1C2O. The molecule has 2 fully saturated rings. The molecule has 0 radical (unpaired) electrons. The van der Waals surface area contributed by atoms with Crippen molar-refractivity contribution < 1.29 is 14.6 Å². The Hall–Kier alpha value is -2.17. The summed E-state index contributed by atoms with van der Waals surface area (Å²) in [5.74, 6) is 0.260. The molecule has 2 aromatic rings. The van der Waals surface area contributed by atoms with Crippen LogP contribution < -0.4 is 5.73 Å². The Morgan fingerprint density at radius 1 is 1.50 bits per heavy atom. The molecule has 2 aromatic heterocycles. The predicted octanol–water partition coefficient (Wildman–Crippen LogP) is -0.408. The number of anilines is 1. The average molecular weight is 306 g/mol. The number of fused-ring (bicyclic) bond motifs is 3. The third-order valence-electron chi connectivity index (χ3n) is 4.32. The number of rotatable bonds is 3. The lowest BCUT2D eigenvalue weighted by molar-refractivity contribution is -0.115. The standard InChI is InChI=1S/C12H14N6O4/c13-9-6-10(15-4-14-9)18(5-16-6)11-7-8(19)12(22-11,3-17-20)1-2-21-7/h4-5,7-8,11,19H,1-3H2,(H2,13,14,15)/t7?,8?,11?,12-/m1/s1. The summed E-state index contributed by atoms with van der Waals surface area (Å²) >= 11 is 0. The molecular weight excluding hydrogens is 292 g/mol. The van der Waals surface area contributed by atoms with Gasteiger partial charge in [-0.25, -0.2) is 15.0 Å². The lowest BCUT2D eigenvalue weighted by atomic mass is 9.90. The van der Waals surface area contributed by atoms with E-state index in [-0.39, 0.29) is 12.4 Å². The molecule has 4 rings (SSSR count). The van der Waals surface area contributed by atoms with Gasteiger partial charge in [0.15, 0.2) is 17.7 Å². The summed E-state index contributed by atoms with van der Waals surface area (Å²) in [6, 6.07) is 0. The van der Waals surface area contributed by atoms with Crippen LogP contribution in [0.2, 0.25) is 0 Å². The molecule has 2 saturated heterocycles. The highest BCUT2D eigenvalue weighted by atomic mass is 16.6. The minimum atomic E-state index is -1.02. The van der Waals surface area contributed by atoms with Gasteiger partial charge in [-0.05, 0) is 0 Å². The molecule has 3 unspecified atom stereocenters. The summed E-state index contributed by atoms with van der Waals surface area (Å²) in [5.41, 5.74) is 5.68. The van der Waals surface area contributed by atoms with Crippen molar-refractivity contribution >= 4 is 17.0 Å². The Bertz CT molecular complexity index is 735. The van der Waals surface area contributed by atoms with E-state index < -0.39 is 24.0 Å². The first-order valence-corrected chi connectivity index (χ1v) is 6.86. The number of nitrogens with zero attached hydrogens (tertiary/aromatic N) is 5. The fourth-order valence-corrected chi connectivity index (χ4v) is 3.17. The van der Waals surface area contributed by atoms with Gasteiger partial charge in [0.1, 0.15) is 36.2 Å². The van der Waals surface area contributed by atoms with Crippen LogP contribution in [0, 0.1) is 4.91 Å². The monoisotopic (exact) mass is 306 g/mol. The zero-order valence-electron chi connectivity index (χ0n) is 11.5. The topological polar surface area (TPSA) is 138 Å². The van der Waals surface area contributed by atoms with E-state index in [4.69, 9.17) is 15.2 Å². The van der Waals surface area contributed by atoms with Gasteiger partial charge in [0, 0.05) is 6.42 Å². The summed E-state index contributed by atoms with van der Waals surface area (Å²) in [6.07, 6.45) is 1.02. The number of nitrogens with two attached hydrogens (primary N) is 1. The quantitative estimate of drug-likeness (QED) is 0.730. The van der Waals surface area contributed by atoms with Crippen molar-refractivity contribution in [2.75, 3.05) is 18.9 Å². The summed E-state index contributed by atoms with van der Waals surface area (Å²) in [7, 11) is 0. The number of hydrogen-bond acceptors (Lipinski definition) is 9. The maximum atomic E-state index is 10.7. The third-order valence-corrected chi connectivity index (χ3v) is 4.32. The molecule has 0 saturated carbocycles. The molecule has 2 bridgehead atoms. The lowest BCUT2D eigenvalue weighted by Crippen LogP contribution is -2.50. The van der Waals surface area contributed by atoms with Crippen LogP contribution in [0.1, 0.15) is 12.6 Å². The van der Waals surface area contributed by atoms with E-state index >= 15 is 0 Å². The van der Waals surface area contributed by atoms with Crippen LogP contribution in [0.25, 0.3) is 11.2 Å². The van der Waals surface area contributed by atoms with Crippen molar-refractivity contribution in [3.05, 3.63) is 17.6 Å². The molecule has 22 heavy (non-hydrogen) atoms. The average Bonchev–Trinajstić information content (AvgIpc) is 2.97. The van der Waals surface area contributed by atoms with E-state index in [1.54, 1.807) is 4.57 Å². The highest BCUT2D eigenvalue weighted by molar-refractivity contribution is 5.81. The first kappa shape index (κ1) is 13.5. The molecule has 0 spiro atoms. The van der Waals surface area contributed by atoms with E-state index in [2.05, 4.69) is 20.1 Å². The number of ether oxygens (including phenoxy) is 2. The van der Waals surface area contributed by atoms with Gasteiger partial charge in [0.05, 0.1) is 12.9 Å². The van der Waals surface area contributed by atoms with Gasteiger partial charge in [-0.15, -0.1) is 0 Å². The second-order valence-corrected chi connectivity index (χ2v) is 5.47. The minimum Gasteiger partial charge on any atom is -0.387 e. The van der Waals surface area contributed by atoms with Gasteiger partial charge < -0.3 is 20.3 Å². The van der Waals surface area contributed by atoms with Crippen LogP contribution >= 0.6 is 0 Å². The molecule has 10 heteroatoms. The number of hydrogen-bond donors (Lipinski definition) is 2. The van der Waals surface area contributed by atoms with Crippen molar-refractivity contribution in [1.82, 2.24) is 19.5 Å². The van der Waals surface area contributed by atoms with Crippen LogP contribution in [0.4, 0.5) is 5.82 Å². The maximum absolute atomic E-state index is 10.7. The van der Waals surface area contributed by atoms with Gasteiger partial charge in [0.25, 0.3) is 0 Å². The van der Waals surface area contributed by atoms with Crippen molar-refractivity contribution in [1.29, 1.82) is 0 Å². The van der Waals surface area contributed by atoms with Gasteiger partial charge >= 0.3 is 0 Å². The highest BCUT2D eigenvalue weighted by Gasteiger charge is 2.59. The van der Waals surface area contributed by atoms with Gasteiger partial charge in [-0.3, -0.25) is 4.57 Å². The largest absolute Gasteiger partial charge is 0.387 e. The maximum Gasteiger partial charge on any atom is 0.167 e. The van der Waals surface area contributed by atoms with Crippen LogP contribution in [0.3, 0.4) is 0 Å². The fraction of sp³-hybridized carbons (Fsp3) is 0.583. The molecule has 2 aliphatic heterocycles. The molecule has 0 aromatic carbocycles. The summed E-state index contributed by atoms with van der Waals surface area (Å²) in [6.45, 7) is 0.256. The molecule has 4 heterocycles. The molecule has 4 atom stereocenters. The Balaban J connectivity index is 1.79. The van der Waals surface area contributed by atoms with Crippen LogP contribution in [-0.4, -0.2) is 55.6 Å². The van der Waals surface area contributed by atoms with Crippen molar-refractivity contribution in [3.8, 4) is 0 Å². The van der Waals surface area contributed by atoms with E-state index in [0.717, 1.165) is 0 Å². The fourth-order valence-electron chi connectivity index (χ4n) is 3.17. The van der Waals surface area contributed by atoms with Crippen molar-refractivity contribution in [3.63, 3.8) is 0 Å². The van der Waals surface area contributed by atoms with E-state index in [1.165, 1.54) is 12.7 Å². The number of nitrogen functional groups attached to an aromatic ring is 1. The smallest absolute Gasteiger partial charge is 0.167 e. The van der Waals surface area contributed by atoms with Crippen LogP contribution in [-0.2, 0) is 9.47 Å². The van der Waals surface area contributed by atoms with E-state index in [9.17, 15) is 10.0 Å². The lowest BCUT2D eigenvalue weighted by Gasteiger charge is -2.33.